The molecule has 1 aliphatic carbocycles. The molecule has 0 fully saturated rings. The zero-order valence-corrected chi connectivity index (χ0v) is 12.0. The van der Waals surface area contributed by atoms with Crippen LogP contribution < -0.4 is 5.32 Å². The van der Waals surface area contributed by atoms with Gasteiger partial charge in [-0.05, 0) is 37.5 Å². The summed E-state index contributed by atoms with van der Waals surface area (Å²) >= 11 is 12.1. The Bertz CT molecular complexity index is 641. The van der Waals surface area contributed by atoms with E-state index in [1.807, 2.05) is 13.1 Å². The first kappa shape index (κ1) is 12.7. The van der Waals surface area contributed by atoms with Crippen LogP contribution in [0.1, 0.15) is 17.7 Å². The predicted octanol–water partition coefficient (Wildman–Crippen LogP) is 3.98. The van der Waals surface area contributed by atoms with Crippen LogP contribution in [0, 0.1) is 0 Å². The minimum absolute atomic E-state index is 0.576. The summed E-state index contributed by atoms with van der Waals surface area (Å²) in [5, 5.41) is 4.34. The van der Waals surface area contributed by atoms with Gasteiger partial charge in [0.15, 0.2) is 5.82 Å². The molecule has 98 valence electrons. The van der Waals surface area contributed by atoms with Crippen molar-refractivity contribution in [1.29, 1.82) is 0 Å². The molecule has 3 nitrogen and oxygen atoms in total. The molecule has 5 heteroatoms. The molecule has 0 unspecified atom stereocenters. The maximum atomic E-state index is 6.23. The maximum Gasteiger partial charge on any atom is 0.163 e. The Morgan fingerprint density at radius 3 is 2.74 bits per heavy atom. The summed E-state index contributed by atoms with van der Waals surface area (Å²) in [4.78, 5) is 9.22. The van der Waals surface area contributed by atoms with Gasteiger partial charge in [0.05, 0.1) is 5.02 Å². The normalized spacial score (nSPS) is 13.4. The molecule has 0 amide bonds. The number of nitrogens with one attached hydrogen (secondary N) is 1. The van der Waals surface area contributed by atoms with Gasteiger partial charge in [-0.1, -0.05) is 23.2 Å². The van der Waals surface area contributed by atoms with E-state index in [1.165, 1.54) is 5.56 Å². The second kappa shape index (κ2) is 4.99. The summed E-state index contributed by atoms with van der Waals surface area (Å²) in [6.07, 6.45) is 3.18. The number of benzene rings is 1. The van der Waals surface area contributed by atoms with E-state index < -0.39 is 0 Å². The molecule has 2 aromatic rings. The quantitative estimate of drug-likeness (QED) is 0.910. The van der Waals surface area contributed by atoms with Crippen LogP contribution >= 0.6 is 23.2 Å². The number of anilines is 1. The summed E-state index contributed by atoms with van der Waals surface area (Å²) in [5.74, 6) is 1.56. The van der Waals surface area contributed by atoms with Crippen LogP contribution in [-0.4, -0.2) is 17.0 Å². The number of hydrogen-bond donors (Lipinski definition) is 1. The highest BCUT2D eigenvalue weighted by atomic mass is 35.5. The molecular weight excluding hydrogens is 281 g/mol. The summed E-state index contributed by atoms with van der Waals surface area (Å²) in [5.41, 5.74) is 3.17. The third-order valence-corrected chi connectivity index (χ3v) is 3.89. The highest BCUT2D eigenvalue weighted by molar-refractivity contribution is 6.36. The summed E-state index contributed by atoms with van der Waals surface area (Å²) in [6.45, 7) is 0. The van der Waals surface area contributed by atoms with E-state index in [1.54, 1.807) is 12.1 Å². The number of hydrogen-bond acceptors (Lipinski definition) is 3. The third kappa shape index (κ3) is 2.28. The molecule has 0 radical (unpaired) electrons. The van der Waals surface area contributed by atoms with Crippen molar-refractivity contribution in [2.45, 2.75) is 19.3 Å². The molecule has 0 saturated carbocycles. The second-order valence-corrected chi connectivity index (χ2v) is 5.39. The van der Waals surface area contributed by atoms with Crippen LogP contribution in [0.15, 0.2) is 18.2 Å². The van der Waals surface area contributed by atoms with Gasteiger partial charge in [0.2, 0.25) is 0 Å². The Balaban J connectivity index is 2.15. The Labute approximate surface area is 122 Å². The van der Waals surface area contributed by atoms with Crippen LogP contribution in [0.5, 0.6) is 0 Å². The van der Waals surface area contributed by atoms with E-state index in [4.69, 9.17) is 23.2 Å². The zero-order valence-electron chi connectivity index (χ0n) is 10.5. The van der Waals surface area contributed by atoms with E-state index in [-0.39, 0.29) is 0 Å². The van der Waals surface area contributed by atoms with Crippen molar-refractivity contribution in [2.75, 3.05) is 12.4 Å². The second-order valence-electron chi connectivity index (χ2n) is 4.55. The number of aryl methyl sites for hydroxylation is 1. The largest absolute Gasteiger partial charge is 0.373 e. The van der Waals surface area contributed by atoms with Crippen molar-refractivity contribution in [1.82, 2.24) is 9.97 Å². The molecular formula is C14H13Cl2N3. The number of halogens is 2. The smallest absolute Gasteiger partial charge is 0.163 e. The van der Waals surface area contributed by atoms with E-state index in [0.717, 1.165) is 36.3 Å². The molecule has 3 rings (SSSR count). The van der Waals surface area contributed by atoms with Crippen molar-refractivity contribution in [2.24, 2.45) is 0 Å². The summed E-state index contributed by atoms with van der Waals surface area (Å²) < 4.78 is 0. The topological polar surface area (TPSA) is 37.8 Å². The van der Waals surface area contributed by atoms with E-state index in [2.05, 4.69) is 15.3 Å². The van der Waals surface area contributed by atoms with Gasteiger partial charge in [0.1, 0.15) is 5.82 Å². The molecule has 0 atom stereocenters. The van der Waals surface area contributed by atoms with Gasteiger partial charge in [-0.15, -0.1) is 0 Å². The van der Waals surface area contributed by atoms with Crippen LogP contribution in [0.4, 0.5) is 5.82 Å². The molecule has 1 aromatic carbocycles. The predicted molar refractivity (Wildman–Crippen MR) is 79.1 cm³/mol. The average Bonchev–Trinajstić information content (AvgIpc) is 2.85. The molecule has 1 aliphatic rings. The van der Waals surface area contributed by atoms with Gasteiger partial charge < -0.3 is 5.32 Å². The summed E-state index contributed by atoms with van der Waals surface area (Å²) in [6, 6.07) is 5.38. The van der Waals surface area contributed by atoms with Crippen LogP contribution in [0.25, 0.3) is 11.4 Å². The highest BCUT2D eigenvalue weighted by Gasteiger charge is 2.20. The van der Waals surface area contributed by atoms with E-state index in [0.29, 0.717) is 15.9 Å². The van der Waals surface area contributed by atoms with Gasteiger partial charge in [-0.25, -0.2) is 9.97 Å². The van der Waals surface area contributed by atoms with Crippen molar-refractivity contribution in [3.8, 4) is 11.4 Å². The monoisotopic (exact) mass is 293 g/mol. The van der Waals surface area contributed by atoms with Crippen molar-refractivity contribution in [3.63, 3.8) is 0 Å². The standard InChI is InChI=1S/C14H13Cl2N3/c1-17-13-10-3-2-4-12(10)18-14(19-13)9-6-5-8(15)7-11(9)16/h5-7H,2-4H2,1H3,(H,17,18,19). The number of nitrogens with zero attached hydrogens (tertiary/aromatic N) is 2. The van der Waals surface area contributed by atoms with Gasteiger partial charge in [0, 0.05) is 28.9 Å². The maximum absolute atomic E-state index is 6.23. The SMILES string of the molecule is CNc1nc(-c2ccc(Cl)cc2Cl)nc2c1CCC2. The summed E-state index contributed by atoms with van der Waals surface area (Å²) in [7, 11) is 1.88. The van der Waals surface area contributed by atoms with Crippen molar-refractivity contribution in [3.05, 3.63) is 39.5 Å². The van der Waals surface area contributed by atoms with Crippen LogP contribution in [-0.2, 0) is 12.8 Å². The van der Waals surface area contributed by atoms with Crippen LogP contribution in [0.3, 0.4) is 0 Å². The fourth-order valence-corrected chi connectivity index (χ4v) is 2.92. The third-order valence-electron chi connectivity index (χ3n) is 3.34. The lowest BCUT2D eigenvalue weighted by Crippen LogP contribution is -2.03. The Morgan fingerprint density at radius 2 is 2.00 bits per heavy atom. The average molecular weight is 294 g/mol. The molecule has 19 heavy (non-hydrogen) atoms. The molecule has 0 bridgehead atoms. The van der Waals surface area contributed by atoms with Gasteiger partial charge in [-0.2, -0.15) is 0 Å². The van der Waals surface area contributed by atoms with E-state index in [9.17, 15) is 0 Å². The van der Waals surface area contributed by atoms with Crippen molar-refractivity contribution < 1.29 is 0 Å². The minimum Gasteiger partial charge on any atom is -0.373 e. The van der Waals surface area contributed by atoms with Gasteiger partial charge >= 0.3 is 0 Å². The Kier molecular flexibility index (Phi) is 3.33. The lowest BCUT2D eigenvalue weighted by Gasteiger charge is -2.10. The van der Waals surface area contributed by atoms with Gasteiger partial charge in [-0.3, -0.25) is 0 Å². The first-order chi connectivity index (χ1) is 9.19. The van der Waals surface area contributed by atoms with Gasteiger partial charge in [0.25, 0.3) is 0 Å². The molecule has 0 saturated heterocycles. The lowest BCUT2D eigenvalue weighted by atomic mass is 10.2. The minimum atomic E-state index is 0.576. The van der Waals surface area contributed by atoms with E-state index >= 15 is 0 Å². The highest BCUT2D eigenvalue weighted by Crippen LogP contribution is 2.32. The molecule has 0 spiro atoms. The number of fused-ring (bicyclic) bond motifs is 1. The zero-order chi connectivity index (χ0) is 13.4. The fourth-order valence-electron chi connectivity index (χ4n) is 2.43. The number of rotatable bonds is 2. The van der Waals surface area contributed by atoms with Crippen molar-refractivity contribution >= 4 is 29.0 Å². The molecule has 0 aliphatic heterocycles. The first-order valence-corrected chi connectivity index (χ1v) is 6.97. The van der Waals surface area contributed by atoms with Crippen LogP contribution in [0.2, 0.25) is 10.0 Å². The fraction of sp³-hybridized carbons (Fsp3) is 0.286. The molecule has 1 aromatic heterocycles. The molecule has 1 N–H and O–H groups in total. The molecule has 1 heterocycles. The lowest BCUT2D eigenvalue weighted by molar-refractivity contribution is 0.900. The number of aromatic nitrogens is 2. The Morgan fingerprint density at radius 1 is 1.16 bits per heavy atom. The Hall–Kier alpha value is -1.32. The first-order valence-electron chi connectivity index (χ1n) is 6.22.